The van der Waals surface area contributed by atoms with E-state index in [1.807, 2.05) is 192 Å². The Morgan fingerprint density at radius 2 is 0.653 bits per heavy atom. The van der Waals surface area contributed by atoms with Gasteiger partial charge in [-0.1, -0.05) is 130 Å². The fraction of sp³-hybridized carbons (Fsp3) is 0.407. The number of nitrogens with one attached hydrogen (secondary N) is 5. The molecule has 0 atom stereocenters. The monoisotopic (exact) mass is 1840 g/mol. The molecule has 0 bridgehead atoms. The Bertz CT molecular complexity index is 4520. The van der Waals surface area contributed by atoms with Gasteiger partial charge in [-0.3, -0.25) is 0 Å². The predicted octanol–water partition coefficient (Wildman–Crippen LogP) is 20.8. The van der Waals surface area contributed by atoms with Gasteiger partial charge in [-0.25, -0.2) is 28.7 Å². The summed E-state index contributed by atoms with van der Waals surface area (Å²) in [5.74, 6) is 2.53. The molecule has 124 heavy (non-hydrogen) atoms. The molecule has 0 saturated heterocycles. The zero-order valence-electron chi connectivity index (χ0n) is 74.5. The molecule has 0 aliphatic heterocycles. The second kappa shape index (κ2) is 46.9. The molecule has 5 N–H and O–H groups in total. The third-order valence-electron chi connectivity index (χ3n) is 18.6. The van der Waals surface area contributed by atoms with Crippen molar-refractivity contribution in [3.8, 4) is 34.5 Å². The van der Waals surface area contributed by atoms with E-state index in [1.54, 1.807) is 99.3 Å². The number of carbonyl (C=O) groups excluding carboxylic acids is 4. The SMILES string of the molecule is CC[Si](CC)(CC)OCCCNCCP(=NP(=S)(Oc1ccc(/C=N/N(C)P(=S)(Oc2ccc(CCNC(=O)OC(C)(C)C)cc2)Oc2ccc(CCNC(=O)OC(C)(C)C)cc2)cc1)Oc1ccc(/C=N/N(C)P(=S)(Oc2ccc(CCNC(=O)OC(C)(C)C)cc2)Oc2ccc(CCNC(=O)OC(C)(C)C)cc2)cc1)(c1ccccc1)c1ccccc1. The van der Waals surface area contributed by atoms with Crippen LogP contribution in [0.2, 0.25) is 18.1 Å². The van der Waals surface area contributed by atoms with Crippen molar-refractivity contribution in [2.24, 2.45) is 14.7 Å². The molecule has 0 saturated carbocycles. The minimum atomic E-state index is -3.85. The smallest absolute Gasteiger partial charge is 0.413 e. The van der Waals surface area contributed by atoms with Gasteiger partial charge in [-0.2, -0.15) is 14.7 Å². The van der Waals surface area contributed by atoms with E-state index < -0.39 is 82.1 Å². The van der Waals surface area contributed by atoms with Crippen molar-refractivity contribution in [1.29, 1.82) is 0 Å². The number of rotatable bonds is 44. The molecular formula is C91H124N10O15P4S3Si. The van der Waals surface area contributed by atoms with Crippen molar-refractivity contribution in [2.75, 3.05) is 66.1 Å². The van der Waals surface area contributed by atoms with Crippen molar-refractivity contribution in [1.82, 2.24) is 36.1 Å². The molecule has 8 aromatic carbocycles. The van der Waals surface area contributed by atoms with Crippen molar-refractivity contribution < 1.29 is 69.7 Å². The molecule has 0 fully saturated rings. The summed E-state index contributed by atoms with van der Waals surface area (Å²) in [6, 6.07) is 68.0. The van der Waals surface area contributed by atoms with E-state index in [9.17, 15) is 19.2 Å². The number of hydrogen-bond acceptors (Lipinski definition) is 21. The van der Waals surface area contributed by atoms with Gasteiger partial charge < -0.3 is 77.1 Å². The summed E-state index contributed by atoms with van der Waals surface area (Å²) < 4.78 is 78.1. The Kier molecular flexibility index (Phi) is 38.0. The van der Waals surface area contributed by atoms with Crippen LogP contribution in [0.3, 0.4) is 0 Å². The maximum Gasteiger partial charge on any atom is 0.413 e. The van der Waals surface area contributed by atoms with E-state index in [0.29, 0.717) is 117 Å². The molecule has 0 aromatic heterocycles. The number of alkyl carbamates (subject to hydrolysis) is 4. The van der Waals surface area contributed by atoms with E-state index >= 15 is 0 Å². The van der Waals surface area contributed by atoms with Crippen LogP contribution < -0.4 is 64.3 Å². The van der Waals surface area contributed by atoms with Gasteiger partial charge >= 0.3 is 44.3 Å². The summed E-state index contributed by atoms with van der Waals surface area (Å²) in [7, 11) is -1.28. The molecule has 0 spiro atoms. The molecule has 0 radical (unpaired) electrons. The first-order chi connectivity index (χ1) is 58.7. The molecule has 0 aliphatic rings. The van der Waals surface area contributed by atoms with Crippen LogP contribution in [0.15, 0.2) is 221 Å². The number of nitrogens with zero attached hydrogens (tertiary/aromatic N) is 5. The lowest BCUT2D eigenvalue weighted by Gasteiger charge is -2.30. The summed E-state index contributed by atoms with van der Waals surface area (Å²) in [5.41, 5.74) is 2.59. The minimum Gasteiger partial charge on any atom is -0.444 e. The molecule has 670 valence electrons. The molecule has 33 heteroatoms. The van der Waals surface area contributed by atoms with Crippen LogP contribution in [0.25, 0.3) is 0 Å². The highest BCUT2D eigenvalue weighted by molar-refractivity contribution is 8.11. The van der Waals surface area contributed by atoms with Crippen molar-refractivity contribution in [3.63, 3.8) is 0 Å². The fourth-order valence-electron chi connectivity index (χ4n) is 12.1. The lowest BCUT2D eigenvalue weighted by atomic mass is 10.1. The average molecular weight is 1850 g/mol. The second-order valence-corrected chi connectivity index (χ2v) is 51.0. The molecule has 4 amide bonds. The zero-order valence-corrected chi connectivity index (χ0v) is 81.5. The Hall–Kier alpha value is -9.10. The third-order valence-corrected chi connectivity index (χ3v) is 36.3. The molecule has 0 aliphatic carbocycles. The minimum absolute atomic E-state index is 0.355. The number of hydrogen-bond donors (Lipinski definition) is 5. The zero-order chi connectivity index (χ0) is 90.3. The number of benzene rings is 8. The van der Waals surface area contributed by atoms with E-state index in [4.69, 9.17) is 101 Å². The van der Waals surface area contributed by atoms with Gasteiger partial charge in [-0.05, 0) is 281 Å². The third kappa shape index (κ3) is 34.7. The number of ether oxygens (including phenoxy) is 4. The second-order valence-electron chi connectivity index (χ2n) is 33.3. The Morgan fingerprint density at radius 1 is 0.379 bits per heavy atom. The van der Waals surface area contributed by atoms with Gasteiger partial charge in [-0.15, -0.1) is 0 Å². The highest BCUT2D eigenvalue weighted by Crippen LogP contribution is 2.62. The summed E-state index contributed by atoms with van der Waals surface area (Å²) in [6.07, 6.45) is 4.89. The lowest BCUT2D eigenvalue weighted by molar-refractivity contribution is 0.0517. The Balaban J connectivity index is 1.10. The maximum atomic E-state index is 12.4. The van der Waals surface area contributed by atoms with Crippen LogP contribution in [0.4, 0.5) is 19.2 Å². The average Bonchev–Trinajstić information content (AvgIpc) is 0.760. The van der Waals surface area contributed by atoms with Crippen molar-refractivity contribution in [2.45, 2.75) is 176 Å². The quantitative estimate of drug-likeness (QED) is 0.00593. The van der Waals surface area contributed by atoms with Crippen LogP contribution in [0.1, 0.15) is 144 Å². The molecule has 0 unspecified atom stereocenters. The summed E-state index contributed by atoms with van der Waals surface area (Å²) in [5, 5.41) is 26.7. The van der Waals surface area contributed by atoms with Crippen molar-refractivity contribution in [3.05, 3.63) is 240 Å². The first-order valence-electron chi connectivity index (χ1n) is 41.7. The van der Waals surface area contributed by atoms with Crippen molar-refractivity contribution >= 4 is 118 Å². The van der Waals surface area contributed by atoms with E-state index in [-0.39, 0.29) is 0 Å². The molecule has 0 heterocycles. The summed E-state index contributed by atoms with van der Waals surface area (Å²) in [4.78, 5) is 49.7. The van der Waals surface area contributed by atoms with Gasteiger partial charge in [0.05, 0.1) is 12.4 Å². The number of carbonyl (C=O) groups is 4. The molecular weight excluding hydrogens is 1720 g/mol. The predicted molar refractivity (Wildman–Crippen MR) is 515 cm³/mol. The van der Waals surface area contributed by atoms with Gasteiger partial charge in [0.15, 0.2) is 8.32 Å². The Morgan fingerprint density at radius 3 is 0.927 bits per heavy atom. The molecule has 8 rings (SSSR count). The highest BCUT2D eigenvalue weighted by atomic mass is 32.5. The van der Waals surface area contributed by atoms with Crippen LogP contribution in [-0.4, -0.2) is 143 Å². The van der Waals surface area contributed by atoms with Gasteiger partial charge in [0.1, 0.15) is 56.9 Å². The number of amides is 4. The number of hydrazone groups is 2. The standard InChI is InChI=1S/C91H124N10O15P4S3Si/c1-18-124(19-2,20-3)106-66-27-60-92-65-67-117(82-28-23-21-24-29-82,83-30-25-22-26-31-83)99-118(121,111-76-52-40-74(41-53-76)68-97-100(16)119(122,113-78-44-32-70(33-45-78)56-61-93-84(102)107-88(4,5)6)114-79-46-34-71(35-47-79)57-62-94-85(103)108-89(7,8)9)112-77-54-42-75(43-55-77)69-98-101(17)120(123,115-80-48-36-72(37-49-80)58-63-95-86(104)109-90(10,11)12)116-81-50-38-73(39-51-81)59-64-96-87(105)110-91(13,14)15/h21-26,28-55,68-69,92H,18-20,27,56-67H2,1-17H3,(H,93,102)(H,94,103)(H,95,104)(H,96,105)/b97-68+,98-69+. The van der Waals surface area contributed by atoms with E-state index in [1.165, 1.54) is 9.56 Å². The van der Waals surface area contributed by atoms with E-state index in [0.717, 1.165) is 64.0 Å². The highest BCUT2D eigenvalue weighted by Gasteiger charge is 2.36. The summed E-state index contributed by atoms with van der Waals surface area (Å²) >= 11 is 19.6. The topological polar surface area (TPSA) is 274 Å². The normalized spacial score (nSPS) is 12.3. The first kappa shape index (κ1) is 100. The van der Waals surface area contributed by atoms with Crippen LogP contribution in [0, 0.1) is 0 Å². The molecule has 25 nitrogen and oxygen atoms in total. The van der Waals surface area contributed by atoms with E-state index in [2.05, 4.69) is 71.6 Å². The maximum absolute atomic E-state index is 12.4. The Labute approximate surface area is 750 Å². The van der Waals surface area contributed by atoms with Gasteiger partial charge in [0.2, 0.25) is 0 Å². The fourth-order valence-corrected chi connectivity index (χ4v) is 26.6. The van der Waals surface area contributed by atoms with Gasteiger partial charge in [0, 0.05) is 102 Å². The largest absolute Gasteiger partial charge is 0.444 e. The van der Waals surface area contributed by atoms with Crippen LogP contribution in [0.5, 0.6) is 34.5 Å². The van der Waals surface area contributed by atoms with Gasteiger partial charge in [0.25, 0.3) is 0 Å². The van der Waals surface area contributed by atoms with Crippen LogP contribution in [-0.2, 0) is 84.5 Å². The first-order valence-corrected chi connectivity index (χ1v) is 54.0. The molecule has 8 aromatic rings. The summed E-state index contributed by atoms with van der Waals surface area (Å²) in [6.45, 7) is 21.0. The lowest BCUT2D eigenvalue weighted by Crippen LogP contribution is -2.36. The van der Waals surface area contributed by atoms with Crippen LogP contribution >= 0.6 is 27.0 Å².